The van der Waals surface area contributed by atoms with Gasteiger partial charge >= 0.3 is 0 Å². The summed E-state index contributed by atoms with van der Waals surface area (Å²) in [5, 5.41) is 2.58. The van der Waals surface area contributed by atoms with Crippen molar-refractivity contribution in [3.63, 3.8) is 0 Å². The van der Waals surface area contributed by atoms with Gasteiger partial charge in [-0.1, -0.05) is 6.58 Å². The standard InChI is InChI=1S/C9H14N2O2/c1-3-8(12)11-5-4-7(6-11)9(13)10-2/h3,7H,1,4-6H2,2H3,(H,10,13)/t7-/m0/s1. The minimum Gasteiger partial charge on any atom is -0.359 e. The second kappa shape index (κ2) is 4.07. The largest absolute Gasteiger partial charge is 0.359 e. The summed E-state index contributed by atoms with van der Waals surface area (Å²) in [6.07, 6.45) is 2.03. The summed E-state index contributed by atoms with van der Waals surface area (Å²) < 4.78 is 0. The molecule has 0 aliphatic carbocycles. The van der Waals surface area contributed by atoms with E-state index in [-0.39, 0.29) is 17.7 Å². The van der Waals surface area contributed by atoms with Gasteiger partial charge in [-0.2, -0.15) is 0 Å². The van der Waals surface area contributed by atoms with E-state index in [2.05, 4.69) is 11.9 Å². The van der Waals surface area contributed by atoms with Crippen LogP contribution in [0.25, 0.3) is 0 Å². The van der Waals surface area contributed by atoms with E-state index in [4.69, 9.17) is 0 Å². The molecule has 1 N–H and O–H groups in total. The SMILES string of the molecule is C=CC(=O)N1CC[C@H](C(=O)NC)C1. The average molecular weight is 182 g/mol. The lowest BCUT2D eigenvalue weighted by atomic mass is 10.1. The van der Waals surface area contributed by atoms with Crippen LogP contribution in [0.2, 0.25) is 0 Å². The van der Waals surface area contributed by atoms with Crippen molar-refractivity contribution >= 4 is 11.8 Å². The normalized spacial score (nSPS) is 21.3. The van der Waals surface area contributed by atoms with Gasteiger partial charge in [-0.25, -0.2) is 0 Å². The van der Waals surface area contributed by atoms with Gasteiger partial charge in [0.2, 0.25) is 11.8 Å². The van der Waals surface area contributed by atoms with E-state index in [0.717, 1.165) is 6.42 Å². The molecule has 72 valence electrons. The predicted molar refractivity (Wildman–Crippen MR) is 49.0 cm³/mol. The number of likely N-dealkylation sites (tertiary alicyclic amines) is 1. The summed E-state index contributed by atoms with van der Waals surface area (Å²) in [7, 11) is 1.61. The summed E-state index contributed by atoms with van der Waals surface area (Å²) in [6, 6.07) is 0. The first-order chi connectivity index (χ1) is 6.19. The van der Waals surface area contributed by atoms with Crippen molar-refractivity contribution in [2.24, 2.45) is 5.92 Å². The van der Waals surface area contributed by atoms with Crippen LogP contribution in [0.5, 0.6) is 0 Å². The quantitative estimate of drug-likeness (QED) is 0.599. The molecule has 0 aromatic rings. The summed E-state index contributed by atoms with van der Waals surface area (Å²) in [4.78, 5) is 24.0. The smallest absolute Gasteiger partial charge is 0.245 e. The van der Waals surface area contributed by atoms with Gasteiger partial charge in [0.05, 0.1) is 5.92 Å². The van der Waals surface area contributed by atoms with Crippen LogP contribution in [0.15, 0.2) is 12.7 Å². The van der Waals surface area contributed by atoms with Crippen molar-refractivity contribution in [1.29, 1.82) is 0 Å². The number of rotatable bonds is 2. The van der Waals surface area contributed by atoms with Crippen molar-refractivity contribution in [3.8, 4) is 0 Å². The van der Waals surface area contributed by atoms with E-state index >= 15 is 0 Å². The Kier molecular flexibility index (Phi) is 3.06. The van der Waals surface area contributed by atoms with Gasteiger partial charge < -0.3 is 10.2 Å². The molecule has 4 nitrogen and oxygen atoms in total. The molecule has 1 fully saturated rings. The average Bonchev–Trinajstić information content (AvgIpc) is 2.64. The molecule has 1 aliphatic heterocycles. The molecule has 4 heteroatoms. The number of hydrogen-bond acceptors (Lipinski definition) is 2. The van der Waals surface area contributed by atoms with E-state index in [0.29, 0.717) is 13.1 Å². The monoisotopic (exact) mass is 182 g/mol. The van der Waals surface area contributed by atoms with E-state index in [1.54, 1.807) is 11.9 Å². The van der Waals surface area contributed by atoms with Gasteiger partial charge in [0.1, 0.15) is 0 Å². The summed E-state index contributed by atoms with van der Waals surface area (Å²) >= 11 is 0. The first kappa shape index (κ1) is 9.77. The third-order valence-corrected chi connectivity index (χ3v) is 2.29. The first-order valence-electron chi connectivity index (χ1n) is 4.32. The molecule has 0 radical (unpaired) electrons. The Bertz CT molecular complexity index is 238. The highest BCUT2D eigenvalue weighted by atomic mass is 16.2. The summed E-state index contributed by atoms with van der Waals surface area (Å²) in [6.45, 7) is 4.58. The van der Waals surface area contributed by atoms with E-state index in [9.17, 15) is 9.59 Å². The molecular formula is C9H14N2O2. The number of carbonyl (C=O) groups is 2. The zero-order valence-corrected chi connectivity index (χ0v) is 7.75. The maximum atomic E-state index is 11.2. The lowest BCUT2D eigenvalue weighted by Gasteiger charge is -2.13. The fourth-order valence-electron chi connectivity index (χ4n) is 1.51. The first-order valence-corrected chi connectivity index (χ1v) is 4.32. The number of hydrogen-bond donors (Lipinski definition) is 1. The Morgan fingerprint density at radius 3 is 2.85 bits per heavy atom. The molecule has 0 unspecified atom stereocenters. The van der Waals surface area contributed by atoms with Crippen LogP contribution in [0.1, 0.15) is 6.42 Å². The van der Waals surface area contributed by atoms with Crippen molar-refractivity contribution in [3.05, 3.63) is 12.7 Å². The van der Waals surface area contributed by atoms with Gasteiger partial charge in [-0.3, -0.25) is 9.59 Å². The lowest BCUT2D eigenvalue weighted by molar-refractivity contribution is -0.126. The van der Waals surface area contributed by atoms with Crippen LogP contribution in [0.4, 0.5) is 0 Å². The second-order valence-corrected chi connectivity index (χ2v) is 3.09. The lowest BCUT2D eigenvalue weighted by Crippen LogP contribution is -2.32. The molecule has 1 heterocycles. The van der Waals surface area contributed by atoms with Gasteiger partial charge in [0, 0.05) is 20.1 Å². The molecule has 0 bridgehead atoms. The van der Waals surface area contributed by atoms with Crippen LogP contribution in [-0.2, 0) is 9.59 Å². The van der Waals surface area contributed by atoms with Gasteiger partial charge in [0.15, 0.2) is 0 Å². The minimum atomic E-state index is -0.0913. The number of carbonyl (C=O) groups excluding carboxylic acids is 2. The highest BCUT2D eigenvalue weighted by molar-refractivity contribution is 5.88. The molecule has 1 aliphatic rings. The van der Waals surface area contributed by atoms with Crippen LogP contribution in [0.3, 0.4) is 0 Å². The maximum Gasteiger partial charge on any atom is 0.245 e. The molecule has 1 rings (SSSR count). The van der Waals surface area contributed by atoms with Crippen molar-refractivity contribution < 1.29 is 9.59 Å². The number of nitrogens with zero attached hydrogens (tertiary/aromatic N) is 1. The molecular weight excluding hydrogens is 168 g/mol. The predicted octanol–water partition coefficient (Wildman–Crippen LogP) is -0.233. The Hall–Kier alpha value is -1.32. The van der Waals surface area contributed by atoms with Crippen molar-refractivity contribution in [2.75, 3.05) is 20.1 Å². The fourth-order valence-corrected chi connectivity index (χ4v) is 1.51. The third kappa shape index (κ3) is 2.08. The Balaban J connectivity index is 2.49. The Morgan fingerprint density at radius 1 is 1.62 bits per heavy atom. The number of amides is 2. The topological polar surface area (TPSA) is 49.4 Å². The third-order valence-electron chi connectivity index (χ3n) is 2.29. The van der Waals surface area contributed by atoms with Crippen LogP contribution < -0.4 is 5.32 Å². The van der Waals surface area contributed by atoms with Crippen LogP contribution >= 0.6 is 0 Å². The molecule has 13 heavy (non-hydrogen) atoms. The molecule has 1 atom stereocenters. The Labute approximate surface area is 77.6 Å². The van der Waals surface area contributed by atoms with Gasteiger partial charge in [-0.05, 0) is 12.5 Å². The van der Waals surface area contributed by atoms with Gasteiger partial charge in [0.25, 0.3) is 0 Å². The van der Waals surface area contributed by atoms with Crippen LogP contribution in [-0.4, -0.2) is 36.9 Å². The number of nitrogens with one attached hydrogen (secondary N) is 1. The highest BCUT2D eigenvalue weighted by Crippen LogP contribution is 2.16. The minimum absolute atomic E-state index is 0.0133. The second-order valence-electron chi connectivity index (χ2n) is 3.09. The maximum absolute atomic E-state index is 11.2. The van der Waals surface area contributed by atoms with Crippen molar-refractivity contribution in [2.45, 2.75) is 6.42 Å². The van der Waals surface area contributed by atoms with E-state index in [1.165, 1.54) is 6.08 Å². The van der Waals surface area contributed by atoms with Crippen molar-refractivity contribution in [1.82, 2.24) is 10.2 Å². The molecule has 0 aromatic carbocycles. The molecule has 1 saturated heterocycles. The molecule has 0 spiro atoms. The zero-order valence-electron chi connectivity index (χ0n) is 7.75. The zero-order chi connectivity index (χ0) is 9.84. The Morgan fingerprint density at radius 2 is 2.31 bits per heavy atom. The molecule has 2 amide bonds. The summed E-state index contributed by atoms with van der Waals surface area (Å²) in [5.74, 6) is -0.125. The van der Waals surface area contributed by atoms with Crippen LogP contribution in [0, 0.1) is 5.92 Å². The van der Waals surface area contributed by atoms with Gasteiger partial charge in [-0.15, -0.1) is 0 Å². The van der Waals surface area contributed by atoms with E-state index < -0.39 is 0 Å². The molecule has 0 aromatic heterocycles. The highest BCUT2D eigenvalue weighted by Gasteiger charge is 2.29. The molecule has 0 saturated carbocycles. The fraction of sp³-hybridized carbons (Fsp3) is 0.556. The van der Waals surface area contributed by atoms with E-state index in [1.807, 2.05) is 0 Å². The summed E-state index contributed by atoms with van der Waals surface area (Å²) in [5.41, 5.74) is 0.